The Morgan fingerprint density at radius 3 is 2.52 bits per heavy atom. The van der Waals surface area contributed by atoms with Gasteiger partial charge in [0, 0.05) is 59.5 Å². The molecule has 3 aliphatic rings. The van der Waals surface area contributed by atoms with E-state index >= 15 is 0 Å². The number of fused-ring (bicyclic) bond motifs is 1. The molecule has 4 N–H and O–H groups in total. The molecule has 0 spiro atoms. The van der Waals surface area contributed by atoms with Crippen molar-refractivity contribution < 1.29 is 13.9 Å². The lowest BCUT2D eigenvalue weighted by Gasteiger charge is -2.41. The monoisotopic (exact) mass is 584 g/mol. The molecule has 2 atom stereocenters. The summed E-state index contributed by atoms with van der Waals surface area (Å²) in [4.78, 5) is 19.0. The molecule has 3 heterocycles. The van der Waals surface area contributed by atoms with Gasteiger partial charge in [0.1, 0.15) is 5.54 Å². The second kappa shape index (κ2) is 10.5. The number of hydrogen-bond donors (Lipinski definition) is 4. The Kier molecular flexibility index (Phi) is 6.76. The molecule has 3 fully saturated rings. The molecule has 1 amide bonds. The van der Waals surface area contributed by atoms with E-state index in [1.54, 1.807) is 0 Å². The summed E-state index contributed by atoms with van der Waals surface area (Å²) in [5, 5.41) is 18.9. The summed E-state index contributed by atoms with van der Waals surface area (Å²) in [6, 6.07) is 19.0. The fourth-order valence-electron chi connectivity index (χ4n) is 6.53. The highest BCUT2D eigenvalue weighted by atomic mass is 32.3. The van der Waals surface area contributed by atoms with Crippen molar-refractivity contribution >= 4 is 33.1 Å². The molecule has 0 bridgehead atoms. The van der Waals surface area contributed by atoms with E-state index in [-0.39, 0.29) is 17.7 Å². The first-order chi connectivity index (χ1) is 20.3. The number of carbonyl (C=O) groups is 1. The molecule has 0 radical (unpaired) electrons. The molecule has 1 aliphatic heterocycles. The highest BCUT2D eigenvalue weighted by Crippen LogP contribution is 2.44. The lowest BCUT2D eigenvalue weighted by Crippen LogP contribution is -2.42. The predicted octanol–water partition coefficient (Wildman–Crippen LogP) is 6.04. The van der Waals surface area contributed by atoms with Gasteiger partial charge < -0.3 is 15.2 Å². The van der Waals surface area contributed by atoms with E-state index < -0.39 is 16.1 Å². The van der Waals surface area contributed by atoms with Crippen LogP contribution in [0.2, 0.25) is 0 Å². The lowest BCUT2D eigenvalue weighted by atomic mass is 9.75. The maximum atomic E-state index is 13.6. The van der Waals surface area contributed by atoms with Crippen LogP contribution in [0.15, 0.2) is 60.9 Å². The number of benzene rings is 2. The number of nitriles is 1. The average molecular weight is 585 g/mol. The molecule has 4 aromatic rings. The Labute approximate surface area is 246 Å². The van der Waals surface area contributed by atoms with Crippen LogP contribution in [-0.2, 0) is 4.79 Å². The summed E-state index contributed by atoms with van der Waals surface area (Å²) in [7, 11) is -2.45. The third-order valence-electron chi connectivity index (χ3n) is 9.24. The largest absolute Gasteiger partial charge is 0.368 e. The first-order valence-electron chi connectivity index (χ1n) is 14.8. The molecule has 0 unspecified atom stereocenters. The van der Waals surface area contributed by atoms with Crippen LogP contribution in [0.1, 0.15) is 50.1 Å². The fraction of sp³-hybridized carbons (Fsp3) is 0.406. The topological polar surface area (TPSA) is 130 Å². The van der Waals surface area contributed by atoms with Gasteiger partial charge in [-0.3, -0.25) is 13.9 Å². The van der Waals surface area contributed by atoms with Crippen molar-refractivity contribution in [2.45, 2.75) is 50.0 Å². The van der Waals surface area contributed by atoms with E-state index in [0.29, 0.717) is 24.6 Å². The van der Waals surface area contributed by atoms with Gasteiger partial charge in [-0.05, 0) is 67.6 Å². The van der Waals surface area contributed by atoms with E-state index in [2.05, 4.69) is 69.9 Å². The summed E-state index contributed by atoms with van der Waals surface area (Å²) in [6.07, 6.45) is 9.13. The zero-order valence-corrected chi connectivity index (χ0v) is 24.3. The van der Waals surface area contributed by atoms with Crippen LogP contribution in [0.5, 0.6) is 0 Å². The zero-order chi connectivity index (χ0) is 28.9. The Bertz CT molecular complexity index is 1660. The SMILES string of the molecule is N#CC1(NC(=O)[C@@H]2CCCC[C@H]2c2nn(-c3ccc4[nH]ccc4c3)cc2-c2ccc(N3CCS(O)(O)CC3)cc2)CC1. The number of amides is 1. The third kappa shape index (κ3) is 5.17. The van der Waals surface area contributed by atoms with Crippen LogP contribution in [0, 0.1) is 17.2 Å². The number of anilines is 1. The minimum atomic E-state index is -2.45. The number of nitrogens with one attached hydrogen (secondary N) is 2. The number of aromatic nitrogens is 3. The minimum absolute atomic E-state index is 0.0283. The van der Waals surface area contributed by atoms with Crippen molar-refractivity contribution in [2.24, 2.45) is 5.92 Å². The van der Waals surface area contributed by atoms with E-state index in [9.17, 15) is 19.2 Å². The van der Waals surface area contributed by atoms with E-state index in [1.807, 2.05) is 16.9 Å². The van der Waals surface area contributed by atoms with Gasteiger partial charge in [0.05, 0.1) is 29.0 Å². The molecule has 2 aromatic carbocycles. The summed E-state index contributed by atoms with van der Waals surface area (Å²) >= 11 is 0. The standard InChI is InChI=1S/C32H36N6O3S/c33-21-32(12-13-32)35-31(39)27-4-2-1-3-26(27)30-28(20-38(36-30)25-9-10-29-23(19-25)11-14-34-29)22-5-7-24(8-6-22)37-15-17-42(40,41)18-16-37/h5-11,14,19-20,26-27,34,40-41H,1-4,12-13,15-18H2,(H,35,39)/t26-,27-/m1/s1. The van der Waals surface area contributed by atoms with Crippen molar-refractivity contribution in [1.29, 1.82) is 5.26 Å². The Hall–Kier alpha value is -3.78. The summed E-state index contributed by atoms with van der Waals surface area (Å²) in [6.45, 7) is 1.24. The van der Waals surface area contributed by atoms with Gasteiger partial charge in [0.2, 0.25) is 5.91 Å². The molecule has 10 heteroatoms. The van der Waals surface area contributed by atoms with Crippen LogP contribution in [-0.4, -0.2) is 59.9 Å². The Balaban J connectivity index is 1.25. The fourth-order valence-corrected chi connectivity index (χ4v) is 7.76. The molecule has 218 valence electrons. The molecular formula is C32H36N6O3S. The average Bonchev–Trinajstić information content (AvgIpc) is 3.39. The number of aromatic amines is 1. The van der Waals surface area contributed by atoms with Crippen molar-refractivity contribution in [1.82, 2.24) is 20.1 Å². The van der Waals surface area contributed by atoms with Crippen LogP contribution >= 0.6 is 10.6 Å². The molecule has 7 rings (SSSR count). The number of carbonyl (C=O) groups excluding carboxylic acids is 1. The van der Waals surface area contributed by atoms with Gasteiger partial charge >= 0.3 is 0 Å². The van der Waals surface area contributed by atoms with Crippen LogP contribution in [0.3, 0.4) is 0 Å². The number of hydrogen-bond acceptors (Lipinski definition) is 6. The van der Waals surface area contributed by atoms with Gasteiger partial charge in [0.25, 0.3) is 0 Å². The van der Waals surface area contributed by atoms with Gasteiger partial charge in [-0.2, -0.15) is 21.0 Å². The quantitative estimate of drug-likeness (QED) is 0.219. The molecular weight excluding hydrogens is 548 g/mol. The summed E-state index contributed by atoms with van der Waals surface area (Å²) in [5.41, 5.74) is 5.35. The van der Waals surface area contributed by atoms with Gasteiger partial charge in [-0.25, -0.2) is 4.68 Å². The van der Waals surface area contributed by atoms with Crippen LogP contribution in [0.25, 0.3) is 27.7 Å². The predicted molar refractivity (Wildman–Crippen MR) is 166 cm³/mol. The lowest BCUT2D eigenvalue weighted by molar-refractivity contribution is -0.127. The van der Waals surface area contributed by atoms with E-state index in [0.717, 1.165) is 77.6 Å². The second-order valence-electron chi connectivity index (χ2n) is 12.0. The smallest absolute Gasteiger partial charge is 0.225 e. The zero-order valence-electron chi connectivity index (χ0n) is 23.5. The molecule has 1 saturated heterocycles. The van der Waals surface area contributed by atoms with Gasteiger partial charge in [-0.1, -0.05) is 25.0 Å². The van der Waals surface area contributed by atoms with Crippen molar-refractivity contribution in [3.05, 3.63) is 66.6 Å². The molecule has 9 nitrogen and oxygen atoms in total. The minimum Gasteiger partial charge on any atom is -0.368 e. The van der Waals surface area contributed by atoms with Crippen molar-refractivity contribution in [3.63, 3.8) is 0 Å². The van der Waals surface area contributed by atoms with Crippen molar-refractivity contribution in [2.75, 3.05) is 29.5 Å². The normalized spacial score (nSPS) is 23.7. The second-order valence-corrected chi connectivity index (χ2v) is 14.5. The first kappa shape index (κ1) is 27.1. The van der Waals surface area contributed by atoms with E-state index in [4.69, 9.17) is 5.10 Å². The molecule has 42 heavy (non-hydrogen) atoms. The molecule has 2 aliphatic carbocycles. The maximum absolute atomic E-state index is 13.6. The highest BCUT2D eigenvalue weighted by Gasteiger charge is 2.47. The third-order valence-corrected chi connectivity index (χ3v) is 10.9. The molecule has 2 aromatic heterocycles. The van der Waals surface area contributed by atoms with Gasteiger partial charge in [-0.15, -0.1) is 0 Å². The Morgan fingerprint density at radius 2 is 1.79 bits per heavy atom. The number of rotatable bonds is 6. The van der Waals surface area contributed by atoms with Gasteiger partial charge in [0.15, 0.2) is 0 Å². The maximum Gasteiger partial charge on any atom is 0.225 e. The Morgan fingerprint density at radius 1 is 1.05 bits per heavy atom. The summed E-state index contributed by atoms with van der Waals surface area (Å²) < 4.78 is 22.0. The highest BCUT2D eigenvalue weighted by molar-refractivity contribution is 8.24. The molecule has 2 saturated carbocycles. The summed E-state index contributed by atoms with van der Waals surface area (Å²) in [5.74, 6) is 0.489. The van der Waals surface area contributed by atoms with E-state index in [1.165, 1.54) is 0 Å². The first-order valence-corrected chi connectivity index (χ1v) is 16.7. The number of H-pyrrole nitrogens is 1. The number of nitrogens with zero attached hydrogens (tertiary/aromatic N) is 4. The van der Waals surface area contributed by atoms with Crippen molar-refractivity contribution in [3.8, 4) is 22.9 Å². The van der Waals surface area contributed by atoms with Crippen LogP contribution in [0.4, 0.5) is 5.69 Å². The van der Waals surface area contributed by atoms with Crippen LogP contribution < -0.4 is 10.2 Å².